The van der Waals surface area contributed by atoms with Gasteiger partial charge in [-0.1, -0.05) is 11.8 Å². The maximum Gasteiger partial charge on any atom is 0.253 e. The third-order valence-corrected chi connectivity index (χ3v) is 3.63. The minimum Gasteiger partial charge on any atom is -0.393 e. The molecule has 0 aliphatic heterocycles. The van der Waals surface area contributed by atoms with Gasteiger partial charge in [0.2, 0.25) is 0 Å². The van der Waals surface area contributed by atoms with E-state index in [-0.39, 0.29) is 24.1 Å². The van der Waals surface area contributed by atoms with Gasteiger partial charge in [-0.25, -0.2) is 4.39 Å². The molecule has 0 atom stereocenters. The summed E-state index contributed by atoms with van der Waals surface area (Å²) in [5.74, 6) is 4.78. The number of halogens is 1. The SMILES string of the molecule is CN(CC1CC(O)C1)C(=O)c1ccc(C#CCN)c(F)c1. The lowest BCUT2D eigenvalue weighted by Gasteiger charge is -2.34. The molecule has 3 N–H and O–H groups in total. The van der Waals surface area contributed by atoms with Crippen molar-refractivity contribution < 1.29 is 14.3 Å². The van der Waals surface area contributed by atoms with Crippen molar-refractivity contribution in [1.29, 1.82) is 0 Å². The fourth-order valence-electron chi connectivity index (χ4n) is 2.44. The number of hydrogen-bond acceptors (Lipinski definition) is 3. The lowest BCUT2D eigenvalue weighted by molar-refractivity contribution is 0.0265. The smallest absolute Gasteiger partial charge is 0.253 e. The van der Waals surface area contributed by atoms with Crippen molar-refractivity contribution >= 4 is 5.91 Å². The average molecular weight is 290 g/mol. The molecular formula is C16H19FN2O2. The summed E-state index contributed by atoms with van der Waals surface area (Å²) in [4.78, 5) is 13.8. The molecule has 112 valence electrons. The van der Waals surface area contributed by atoms with E-state index in [9.17, 15) is 14.3 Å². The Labute approximate surface area is 123 Å². The normalized spacial score (nSPS) is 20.2. The molecule has 1 saturated carbocycles. The van der Waals surface area contributed by atoms with Gasteiger partial charge in [0.1, 0.15) is 5.82 Å². The predicted molar refractivity (Wildman–Crippen MR) is 78.0 cm³/mol. The molecule has 2 rings (SSSR count). The van der Waals surface area contributed by atoms with E-state index in [1.54, 1.807) is 18.0 Å². The van der Waals surface area contributed by atoms with Crippen LogP contribution in [0.25, 0.3) is 0 Å². The number of hydrogen-bond donors (Lipinski definition) is 2. The second-order valence-electron chi connectivity index (χ2n) is 5.38. The molecular weight excluding hydrogens is 271 g/mol. The molecule has 0 aromatic heterocycles. The van der Waals surface area contributed by atoms with Crippen LogP contribution in [0.3, 0.4) is 0 Å². The van der Waals surface area contributed by atoms with Gasteiger partial charge in [-0.3, -0.25) is 4.79 Å². The summed E-state index contributed by atoms with van der Waals surface area (Å²) in [6.07, 6.45) is 1.20. The molecule has 21 heavy (non-hydrogen) atoms. The van der Waals surface area contributed by atoms with E-state index in [1.807, 2.05) is 0 Å². The Hall–Kier alpha value is -1.90. The van der Waals surface area contributed by atoms with E-state index in [0.717, 1.165) is 12.8 Å². The number of carbonyl (C=O) groups is 1. The van der Waals surface area contributed by atoms with Crippen molar-refractivity contribution in [2.75, 3.05) is 20.1 Å². The first-order valence-electron chi connectivity index (χ1n) is 6.93. The minimum atomic E-state index is -0.519. The van der Waals surface area contributed by atoms with Gasteiger partial charge in [-0.05, 0) is 37.0 Å². The molecule has 0 unspecified atom stereocenters. The highest BCUT2D eigenvalue weighted by molar-refractivity contribution is 5.94. The van der Waals surface area contributed by atoms with E-state index in [1.165, 1.54) is 12.1 Å². The summed E-state index contributed by atoms with van der Waals surface area (Å²) in [5, 5.41) is 9.25. The third-order valence-electron chi connectivity index (χ3n) is 3.63. The first-order valence-corrected chi connectivity index (χ1v) is 6.93. The third kappa shape index (κ3) is 3.81. The van der Waals surface area contributed by atoms with Crippen LogP contribution < -0.4 is 5.73 Å². The number of carbonyl (C=O) groups excluding carboxylic acids is 1. The van der Waals surface area contributed by atoms with Crippen molar-refractivity contribution in [3.63, 3.8) is 0 Å². The van der Waals surface area contributed by atoms with Gasteiger partial charge in [0, 0.05) is 19.2 Å². The number of amides is 1. The predicted octanol–water partition coefficient (Wildman–Crippen LogP) is 0.979. The van der Waals surface area contributed by atoms with E-state index in [2.05, 4.69) is 11.8 Å². The number of aliphatic hydroxyl groups is 1. The molecule has 0 heterocycles. The highest BCUT2D eigenvalue weighted by Crippen LogP contribution is 2.28. The molecule has 0 radical (unpaired) electrons. The molecule has 5 heteroatoms. The number of nitrogens with zero attached hydrogens (tertiary/aromatic N) is 1. The fraction of sp³-hybridized carbons (Fsp3) is 0.438. The topological polar surface area (TPSA) is 66.6 Å². The molecule has 1 amide bonds. The first kappa shape index (κ1) is 15.5. The van der Waals surface area contributed by atoms with Gasteiger partial charge in [-0.15, -0.1) is 0 Å². The molecule has 1 aliphatic carbocycles. The highest BCUT2D eigenvalue weighted by Gasteiger charge is 2.29. The Balaban J connectivity index is 2.03. The van der Waals surface area contributed by atoms with Crippen molar-refractivity contribution in [2.24, 2.45) is 11.7 Å². The Kier molecular flexibility index (Phi) is 4.94. The maximum atomic E-state index is 13.8. The number of benzene rings is 1. The standard InChI is InChI=1S/C16H19FN2O2/c1-19(10-11-7-14(20)8-11)16(21)13-5-4-12(3-2-6-18)15(17)9-13/h4-5,9,11,14,20H,6-8,10,18H2,1H3. The van der Waals surface area contributed by atoms with Crippen LogP contribution in [0.1, 0.15) is 28.8 Å². The van der Waals surface area contributed by atoms with Crippen LogP contribution in [-0.4, -0.2) is 42.2 Å². The zero-order chi connectivity index (χ0) is 15.4. The van der Waals surface area contributed by atoms with E-state index in [0.29, 0.717) is 18.0 Å². The van der Waals surface area contributed by atoms with Crippen molar-refractivity contribution in [2.45, 2.75) is 18.9 Å². The Bertz CT molecular complexity index is 586. The quantitative estimate of drug-likeness (QED) is 0.816. The zero-order valence-electron chi connectivity index (χ0n) is 12.0. The second kappa shape index (κ2) is 6.70. The number of nitrogens with two attached hydrogens (primary N) is 1. The Morgan fingerprint density at radius 1 is 1.52 bits per heavy atom. The van der Waals surface area contributed by atoms with E-state index < -0.39 is 5.82 Å². The molecule has 1 aromatic rings. The lowest BCUT2D eigenvalue weighted by Crippen LogP contribution is -2.39. The van der Waals surface area contributed by atoms with Crippen LogP contribution in [0.2, 0.25) is 0 Å². The van der Waals surface area contributed by atoms with Gasteiger partial charge in [0.15, 0.2) is 0 Å². The Morgan fingerprint density at radius 2 is 2.24 bits per heavy atom. The molecule has 4 nitrogen and oxygen atoms in total. The van der Waals surface area contributed by atoms with Gasteiger partial charge < -0.3 is 15.7 Å². The summed E-state index contributed by atoms with van der Waals surface area (Å²) in [7, 11) is 1.69. The van der Waals surface area contributed by atoms with Crippen molar-refractivity contribution in [3.8, 4) is 11.8 Å². The monoisotopic (exact) mass is 290 g/mol. The summed E-state index contributed by atoms with van der Waals surface area (Å²) < 4.78 is 13.8. The van der Waals surface area contributed by atoms with Crippen LogP contribution >= 0.6 is 0 Å². The zero-order valence-corrected chi connectivity index (χ0v) is 12.0. The van der Waals surface area contributed by atoms with Crippen LogP contribution in [0.15, 0.2) is 18.2 Å². The molecule has 1 aliphatic rings. The van der Waals surface area contributed by atoms with E-state index >= 15 is 0 Å². The summed E-state index contributed by atoms with van der Waals surface area (Å²) in [5.41, 5.74) is 5.78. The molecule has 0 bridgehead atoms. The van der Waals surface area contributed by atoms with Crippen LogP contribution in [-0.2, 0) is 0 Å². The van der Waals surface area contributed by atoms with Gasteiger partial charge >= 0.3 is 0 Å². The Morgan fingerprint density at radius 3 is 2.81 bits per heavy atom. The van der Waals surface area contributed by atoms with Crippen LogP contribution in [0.4, 0.5) is 4.39 Å². The van der Waals surface area contributed by atoms with E-state index in [4.69, 9.17) is 5.73 Å². The molecule has 0 spiro atoms. The molecule has 0 saturated heterocycles. The lowest BCUT2D eigenvalue weighted by atomic mass is 9.82. The molecule has 1 fully saturated rings. The van der Waals surface area contributed by atoms with Crippen LogP contribution in [0.5, 0.6) is 0 Å². The minimum absolute atomic E-state index is 0.163. The first-order chi connectivity index (χ1) is 10.0. The number of rotatable bonds is 3. The fourth-order valence-corrected chi connectivity index (χ4v) is 2.44. The largest absolute Gasteiger partial charge is 0.393 e. The van der Waals surface area contributed by atoms with Gasteiger partial charge in [0.05, 0.1) is 18.2 Å². The number of aliphatic hydroxyl groups excluding tert-OH is 1. The highest BCUT2D eigenvalue weighted by atomic mass is 19.1. The summed E-state index contributed by atoms with van der Waals surface area (Å²) >= 11 is 0. The molecule has 1 aromatic carbocycles. The summed E-state index contributed by atoms with van der Waals surface area (Å²) in [6.45, 7) is 0.738. The van der Waals surface area contributed by atoms with Gasteiger partial charge in [0.25, 0.3) is 5.91 Å². The second-order valence-corrected chi connectivity index (χ2v) is 5.38. The van der Waals surface area contributed by atoms with Gasteiger partial charge in [-0.2, -0.15) is 0 Å². The van der Waals surface area contributed by atoms with Crippen LogP contribution in [0, 0.1) is 23.6 Å². The van der Waals surface area contributed by atoms with Crippen molar-refractivity contribution in [1.82, 2.24) is 4.90 Å². The maximum absolute atomic E-state index is 13.8. The summed E-state index contributed by atoms with van der Waals surface area (Å²) in [6, 6.07) is 4.26. The van der Waals surface area contributed by atoms with Crippen molar-refractivity contribution in [3.05, 3.63) is 35.1 Å². The average Bonchev–Trinajstić information content (AvgIpc) is 2.43.